The molecule has 0 saturated heterocycles. The molecule has 3 nitrogen and oxygen atoms in total. The molecule has 0 radical (unpaired) electrons. The van der Waals surface area contributed by atoms with Gasteiger partial charge >= 0.3 is 0 Å². The Morgan fingerprint density at radius 1 is 0.571 bits per heavy atom. The lowest BCUT2D eigenvalue weighted by Crippen LogP contribution is -2.57. The number of fused-ring (bicyclic) bond motifs is 11. The van der Waals surface area contributed by atoms with Crippen LogP contribution in [0.5, 0.6) is 23.0 Å². The number of aryl methyl sites for hydroxylation is 1. The Labute approximate surface area is 285 Å². The van der Waals surface area contributed by atoms with Crippen LogP contribution in [0.4, 0.5) is 0 Å². The van der Waals surface area contributed by atoms with E-state index in [1.54, 1.807) is 0 Å². The highest BCUT2D eigenvalue weighted by Crippen LogP contribution is 2.47. The summed E-state index contributed by atoms with van der Waals surface area (Å²) in [6.07, 6.45) is 2.08. The summed E-state index contributed by atoms with van der Waals surface area (Å²) in [5, 5.41) is 2.53. The number of ether oxygens (including phenoxy) is 2. The molecule has 3 heterocycles. The van der Waals surface area contributed by atoms with Gasteiger partial charge in [0.1, 0.15) is 23.0 Å². The summed E-state index contributed by atoms with van der Waals surface area (Å²) in [4.78, 5) is 0. The SMILES string of the molecule is c1ccc(C2CCc3ccc4c5ccccc5n(-c5ccc6c(c5)Oc5cccc7c5B6c5ccccc5O7)c4c3-c3ccccc32)cc1. The van der Waals surface area contributed by atoms with Gasteiger partial charge < -0.3 is 14.0 Å². The van der Waals surface area contributed by atoms with Crippen molar-refractivity contribution in [3.8, 4) is 39.8 Å². The molecule has 1 unspecified atom stereocenters. The summed E-state index contributed by atoms with van der Waals surface area (Å²) in [5.74, 6) is 3.86. The quantitative estimate of drug-likeness (QED) is 0.179. The van der Waals surface area contributed by atoms with Crippen molar-refractivity contribution in [1.82, 2.24) is 4.57 Å². The second kappa shape index (κ2) is 10.3. The highest BCUT2D eigenvalue weighted by Gasteiger charge is 2.40. The number of rotatable bonds is 2. The van der Waals surface area contributed by atoms with Crippen molar-refractivity contribution in [2.45, 2.75) is 18.8 Å². The fourth-order valence-electron chi connectivity index (χ4n) is 8.89. The molecule has 11 rings (SSSR count). The zero-order valence-electron chi connectivity index (χ0n) is 26.8. The van der Waals surface area contributed by atoms with E-state index in [1.165, 1.54) is 55.1 Å². The van der Waals surface area contributed by atoms with Crippen molar-refractivity contribution >= 4 is 44.9 Å². The lowest BCUT2D eigenvalue weighted by atomic mass is 9.35. The van der Waals surface area contributed by atoms with Crippen LogP contribution in [0.2, 0.25) is 0 Å². The van der Waals surface area contributed by atoms with Gasteiger partial charge in [0, 0.05) is 39.5 Å². The normalized spacial score (nSPS) is 15.3. The second-order valence-electron chi connectivity index (χ2n) is 13.5. The molecule has 3 aliphatic rings. The van der Waals surface area contributed by atoms with Gasteiger partial charge in [-0.1, -0.05) is 115 Å². The zero-order chi connectivity index (χ0) is 32.1. The minimum atomic E-state index is 0.0465. The van der Waals surface area contributed by atoms with Crippen LogP contribution >= 0.6 is 0 Å². The minimum absolute atomic E-state index is 0.0465. The van der Waals surface area contributed by atoms with Crippen molar-refractivity contribution in [2.75, 3.05) is 0 Å². The molecule has 49 heavy (non-hydrogen) atoms. The number of hydrogen-bond acceptors (Lipinski definition) is 2. The van der Waals surface area contributed by atoms with Gasteiger partial charge in [-0.15, -0.1) is 0 Å². The fraction of sp³-hybridized carbons (Fsp3) is 0.0667. The molecule has 0 amide bonds. The highest BCUT2D eigenvalue weighted by molar-refractivity contribution is 6.98. The lowest BCUT2D eigenvalue weighted by Gasteiger charge is -2.33. The molecule has 0 saturated carbocycles. The minimum Gasteiger partial charge on any atom is -0.458 e. The van der Waals surface area contributed by atoms with Crippen molar-refractivity contribution in [3.63, 3.8) is 0 Å². The van der Waals surface area contributed by atoms with Crippen LogP contribution in [0.15, 0.2) is 152 Å². The molecule has 1 aliphatic carbocycles. The molecular weight excluding hydrogens is 597 g/mol. The predicted molar refractivity (Wildman–Crippen MR) is 201 cm³/mol. The first-order chi connectivity index (χ1) is 24.3. The van der Waals surface area contributed by atoms with E-state index in [-0.39, 0.29) is 6.71 Å². The van der Waals surface area contributed by atoms with Gasteiger partial charge in [-0.05, 0) is 76.4 Å². The van der Waals surface area contributed by atoms with Crippen LogP contribution in [-0.4, -0.2) is 11.3 Å². The van der Waals surface area contributed by atoms with Crippen molar-refractivity contribution < 1.29 is 9.47 Å². The number of benzene rings is 7. The van der Waals surface area contributed by atoms with Gasteiger partial charge in [0.05, 0.1) is 11.0 Å². The lowest BCUT2D eigenvalue weighted by molar-refractivity contribution is 0.464. The maximum atomic E-state index is 6.76. The average molecular weight is 628 g/mol. The van der Waals surface area contributed by atoms with Gasteiger partial charge in [-0.3, -0.25) is 0 Å². The Hall–Kier alpha value is -6.00. The first-order valence-corrected chi connectivity index (χ1v) is 17.2. The summed E-state index contributed by atoms with van der Waals surface area (Å²) in [7, 11) is 0. The van der Waals surface area contributed by atoms with E-state index in [9.17, 15) is 0 Å². The van der Waals surface area contributed by atoms with Crippen molar-refractivity contribution in [3.05, 3.63) is 168 Å². The Morgan fingerprint density at radius 3 is 2.22 bits per heavy atom. The molecule has 1 aromatic heterocycles. The summed E-state index contributed by atoms with van der Waals surface area (Å²) in [5.41, 5.74) is 13.8. The first-order valence-electron chi connectivity index (χ1n) is 17.2. The van der Waals surface area contributed by atoms with E-state index in [0.717, 1.165) is 52.5 Å². The molecule has 7 aromatic carbocycles. The molecule has 0 bridgehead atoms. The Balaban J connectivity index is 1.17. The number of hydrogen-bond donors (Lipinski definition) is 0. The molecule has 4 heteroatoms. The standard InChI is InChI=1S/C45H30BNO2/c1-2-11-28(12-3-1)31-24-21-29-22-25-35-33-14-6-8-17-38(33)47(45(35)43(29)34-15-5-4-13-32(31)34)30-23-26-37-42(27-30)49-41-20-10-19-40-44(41)46(37)36-16-7-9-18-39(36)48-40/h1-20,22-23,25-27,31H,21,24H2. The van der Waals surface area contributed by atoms with Gasteiger partial charge in [-0.25, -0.2) is 0 Å². The fourth-order valence-corrected chi connectivity index (χ4v) is 8.89. The van der Waals surface area contributed by atoms with Crippen molar-refractivity contribution in [1.29, 1.82) is 0 Å². The van der Waals surface area contributed by atoms with Crippen LogP contribution < -0.4 is 25.9 Å². The predicted octanol–water partition coefficient (Wildman–Crippen LogP) is 9.26. The van der Waals surface area contributed by atoms with Crippen molar-refractivity contribution in [2.24, 2.45) is 0 Å². The molecule has 0 N–H and O–H groups in total. The Bertz CT molecular complexity index is 2640. The first kappa shape index (κ1) is 27.0. The molecule has 1 atom stereocenters. The Morgan fingerprint density at radius 2 is 1.31 bits per heavy atom. The summed E-state index contributed by atoms with van der Waals surface area (Å²) in [6.45, 7) is 0.0465. The summed E-state index contributed by atoms with van der Waals surface area (Å²) >= 11 is 0. The maximum absolute atomic E-state index is 6.76. The molecule has 2 aliphatic heterocycles. The van der Waals surface area contributed by atoms with Gasteiger partial charge in [0.2, 0.25) is 0 Å². The van der Waals surface area contributed by atoms with Crippen LogP contribution in [-0.2, 0) is 6.42 Å². The number of nitrogens with zero attached hydrogens (tertiary/aromatic N) is 1. The van der Waals surface area contributed by atoms with Crippen LogP contribution in [0.1, 0.15) is 29.0 Å². The van der Waals surface area contributed by atoms with Gasteiger partial charge in [0.25, 0.3) is 6.71 Å². The molecule has 0 spiro atoms. The topological polar surface area (TPSA) is 23.4 Å². The third-order valence-electron chi connectivity index (χ3n) is 11.0. The summed E-state index contributed by atoms with van der Waals surface area (Å²) < 4.78 is 15.6. The monoisotopic (exact) mass is 627 g/mol. The van der Waals surface area contributed by atoms with Crippen LogP contribution in [0, 0.1) is 0 Å². The smallest absolute Gasteiger partial charge is 0.260 e. The van der Waals surface area contributed by atoms with E-state index in [2.05, 4.69) is 144 Å². The second-order valence-corrected chi connectivity index (χ2v) is 13.5. The van der Waals surface area contributed by atoms with Gasteiger partial charge in [-0.2, -0.15) is 0 Å². The number of para-hydroxylation sites is 2. The zero-order valence-corrected chi connectivity index (χ0v) is 26.8. The maximum Gasteiger partial charge on any atom is 0.260 e. The molecule has 0 fully saturated rings. The highest BCUT2D eigenvalue weighted by atomic mass is 16.5. The van der Waals surface area contributed by atoms with E-state index in [4.69, 9.17) is 9.47 Å². The molecule has 8 aromatic rings. The van der Waals surface area contributed by atoms with Crippen LogP contribution in [0.25, 0.3) is 38.6 Å². The average Bonchev–Trinajstić information content (AvgIpc) is 3.39. The van der Waals surface area contributed by atoms with E-state index in [1.807, 2.05) is 12.1 Å². The largest absolute Gasteiger partial charge is 0.458 e. The van der Waals surface area contributed by atoms with Crippen LogP contribution in [0.3, 0.4) is 0 Å². The molecule has 230 valence electrons. The van der Waals surface area contributed by atoms with E-state index >= 15 is 0 Å². The summed E-state index contributed by atoms with van der Waals surface area (Å²) in [6, 6.07) is 55.0. The number of aromatic nitrogens is 1. The Kier molecular flexibility index (Phi) is 5.65. The van der Waals surface area contributed by atoms with E-state index < -0.39 is 0 Å². The third-order valence-corrected chi connectivity index (χ3v) is 11.0. The molecular formula is C45H30BNO2. The third kappa shape index (κ3) is 3.86. The van der Waals surface area contributed by atoms with E-state index in [0.29, 0.717) is 5.92 Å². The van der Waals surface area contributed by atoms with Gasteiger partial charge in [0.15, 0.2) is 0 Å².